The van der Waals surface area contributed by atoms with Crippen LogP contribution < -0.4 is 5.32 Å². The van der Waals surface area contributed by atoms with Gasteiger partial charge in [-0.2, -0.15) is 13.2 Å². The number of nitrogens with one attached hydrogen (secondary N) is 1. The van der Waals surface area contributed by atoms with Gasteiger partial charge >= 0.3 is 12.3 Å². The van der Waals surface area contributed by atoms with Gasteiger partial charge < -0.3 is 4.74 Å². The molecule has 0 fully saturated rings. The fourth-order valence-corrected chi connectivity index (χ4v) is 2.20. The van der Waals surface area contributed by atoms with Crippen molar-refractivity contribution in [2.45, 2.75) is 58.7 Å². The number of benzene rings is 1. The van der Waals surface area contributed by atoms with Crippen molar-refractivity contribution in [1.82, 2.24) is 0 Å². The average Bonchev–Trinajstić information content (AvgIpc) is 2.51. The molecule has 0 unspecified atom stereocenters. The Morgan fingerprint density at radius 1 is 1.16 bits per heavy atom. The highest BCUT2D eigenvalue weighted by atomic mass is 19.4. The van der Waals surface area contributed by atoms with Crippen LogP contribution in [0, 0.1) is 5.92 Å². The molecule has 0 radical (unpaired) electrons. The van der Waals surface area contributed by atoms with Crippen molar-refractivity contribution in [1.29, 1.82) is 0 Å². The molecule has 0 aliphatic carbocycles. The molecule has 0 spiro atoms. The lowest BCUT2D eigenvalue weighted by Crippen LogP contribution is -2.31. The Balaban J connectivity index is 2.68. The van der Waals surface area contributed by atoms with E-state index in [1.54, 1.807) is 0 Å². The fraction of sp³-hybridized carbons (Fsp3) is 0.556. The van der Waals surface area contributed by atoms with Crippen LogP contribution in [0.4, 0.5) is 23.7 Å². The summed E-state index contributed by atoms with van der Waals surface area (Å²) in [5.74, 6) is 0.0209. The minimum atomic E-state index is -4.44. The number of rotatable bonds is 8. The maximum atomic E-state index is 12.5. The van der Waals surface area contributed by atoms with Gasteiger partial charge in [0, 0.05) is 12.1 Å². The summed E-state index contributed by atoms with van der Waals surface area (Å²) >= 11 is 0. The molecule has 0 saturated heterocycles. The van der Waals surface area contributed by atoms with Crippen molar-refractivity contribution in [3.63, 3.8) is 0 Å². The molecule has 1 N–H and O–H groups in total. The summed E-state index contributed by atoms with van der Waals surface area (Å²) in [5, 5.41) is 2.35. The van der Waals surface area contributed by atoms with Crippen LogP contribution in [0.1, 0.15) is 52.0 Å². The third-order valence-electron chi connectivity index (χ3n) is 3.53. The van der Waals surface area contributed by atoms with E-state index in [0.717, 1.165) is 37.1 Å². The Bertz CT molecular complexity index is 568. The molecule has 1 aromatic carbocycles. The zero-order valence-corrected chi connectivity index (χ0v) is 14.7. The van der Waals surface area contributed by atoms with Gasteiger partial charge in [0.1, 0.15) is 0 Å². The Hall–Kier alpha value is -2.05. The minimum absolute atomic E-state index is 0.141. The lowest BCUT2D eigenvalue weighted by atomic mass is 10.00. The van der Waals surface area contributed by atoms with Crippen LogP contribution in [0.5, 0.6) is 0 Å². The largest absolute Gasteiger partial charge is 0.438 e. The number of hydrogen-bond donors (Lipinski definition) is 1. The first-order valence-electron chi connectivity index (χ1n) is 8.31. The smallest absolute Gasteiger partial charge is 0.416 e. The van der Waals surface area contributed by atoms with E-state index < -0.39 is 23.9 Å². The summed E-state index contributed by atoms with van der Waals surface area (Å²) in [7, 11) is 0. The van der Waals surface area contributed by atoms with Crippen LogP contribution in [-0.4, -0.2) is 18.0 Å². The predicted octanol–water partition coefficient (Wildman–Crippen LogP) is 5.43. The van der Waals surface area contributed by atoms with Gasteiger partial charge in [0.25, 0.3) is 0 Å². The van der Waals surface area contributed by atoms with Crippen molar-refractivity contribution >= 4 is 17.6 Å². The molecule has 25 heavy (non-hydrogen) atoms. The zero-order chi connectivity index (χ0) is 19.0. The number of amides is 1. The molecule has 0 aromatic heterocycles. The van der Waals surface area contributed by atoms with Crippen LogP contribution in [0.15, 0.2) is 24.3 Å². The third-order valence-corrected chi connectivity index (χ3v) is 3.53. The Kier molecular flexibility index (Phi) is 7.93. The summed E-state index contributed by atoms with van der Waals surface area (Å²) in [6, 6.07) is 4.02. The van der Waals surface area contributed by atoms with Gasteiger partial charge in [-0.15, -0.1) is 0 Å². The Morgan fingerprint density at radius 3 is 2.24 bits per heavy atom. The first kappa shape index (κ1) is 21.0. The Morgan fingerprint density at radius 2 is 1.76 bits per heavy atom. The van der Waals surface area contributed by atoms with Gasteiger partial charge in [-0.25, -0.2) is 4.79 Å². The molecule has 0 aliphatic heterocycles. The number of halogens is 3. The average molecular weight is 359 g/mol. The van der Waals surface area contributed by atoms with Crippen molar-refractivity contribution < 1.29 is 27.5 Å². The summed E-state index contributed by atoms with van der Waals surface area (Å²) in [5.41, 5.74) is -0.638. The number of ketones is 1. The van der Waals surface area contributed by atoms with Gasteiger partial charge in [-0.05, 0) is 43.0 Å². The highest BCUT2D eigenvalue weighted by Gasteiger charge is 2.30. The molecular formula is C18H24F3NO3. The molecule has 140 valence electrons. The molecule has 4 nitrogen and oxygen atoms in total. The monoisotopic (exact) mass is 359 g/mol. The molecular weight excluding hydrogens is 335 g/mol. The molecule has 1 aromatic rings. The highest BCUT2D eigenvalue weighted by Crippen LogP contribution is 2.29. The minimum Gasteiger partial charge on any atom is -0.438 e. The number of unbranched alkanes of at least 4 members (excludes halogenated alkanes) is 1. The zero-order valence-electron chi connectivity index (χ0n) is 14.7. The molecule has 1 amide bonds. The molecule has 1 rings (SSSR count). The number of carbonyl (C=O) groups is 2. The van der Waals surface area contributed by atoms with E-state index in [2.05, 4.69) is 5.32 Å². The van der Waals surface area contributed by atoms with Gasteiger partial charge in [-0.1, -0.05) is 27.2 Å². The highest BCUT2D eigenvalue weighted by molar-refractivity contribution is 5.89. The summed E-state index contributed by atoms with van der Waals surface area (Å²) in [6.07, 6.45) is -3.82. The second kappa shape index (κ2) is 9.44. The van der Waals surface area contributed by atoms with Crippen LogP contribution >= 0.6 is 0 Å². The summed E-state index contributed by atoms with van der Waals surface area (Å²) in [4.78, 5) is 24.1. The van der Waals surface area contributed by atoms with Crippen LogP contribution in [0.2, 0.25) is 0 Å². The van der Waals surface area contributed by atoms with Gasteiger partial charge in [0.05, 0.1) is 5.56 Å². The second-order valence-electron chi connectivity index (χ2n) is 6.29. The van der Waals surface area contributed by atoms with Gasteiger partial charge in [0.15, 0.2) is 11.9 Å². The number of alkyl halides is 3. The van der Waals surface area contributed by atoms with Crippen molar-refractivity contribution in [2.24, 2.45) is 5.92 Å². The van der Waals surface area contributed by atoms with Gasteiger partial charge in [-0.3, -0.25) is 10.1 Å². The fourth-order valence-electron chi connectivity index (χ4n) is 2.20. The SMILES string of the molecule is CCCCC(=O)[C@H](CC(C)C)OC(=O)Nc1ccc(C(F)(F)F)cc1. The molecule has 0 bridgehead atoms. The third kappa shape index (κ3) is 7.58. The van der Waals surface area contributed by atoms with E-state index in [1.807, 2.05) is 20.8 Å². The van der Waals surface area contributed by atoms with E-state index in [-0.39, 0.29) is 17.4 Å². The van der Waals surface area contributed by atoms with E-state index in [1.165, 1.54) is 0 Å². The summed E-state index contributed by atoms with van der Waals surface area (Å²) < 4.78 is 42.7. The number of ether oxygens (including phenoxy) is 1. The molecule has 0 heterocycles. The Labute approximate surface area is 145 Å². The molecule has 0 aliphatic rings. The molecule has 7 heteroatoms. The van der Waals surface area contributed by atoms with Crippen LogP contribution in [-0.2, 0) is 15.7 Å². The van der Waals surface area contributed by atoms with Crippen molar-refractivity contribution in [3.05, 3.63) is 29.8 Å². The molecule has 1 atom stereocenters. The van der Waals surface area contributed by atoms with Crippen LogP contribution in [0.25, 0.3) is 0 Å². The second-order valence-corrected chi connectivity index (χ2v) is 6.29. The maximum absolute atomic E-state index is 12.5. The number of Topliss-reactive ketones (excluding diaryl/α,β-unsaturated/α-hetero) is 1. The van der Waals surface area contributed by atoms with Gasteiger partial charge in [0.2, 0.25) is 0 Å². The van der Waals surface area contributed by atoms with E-state index in [9.17, 15) is 22.8 Å². The van der Waals surface area contributed by atoms with Crippen molar-refractivity contribution in [2.75, 3.05) is 5.32 Å². The van der Waals surface area contributed by atoms with Crippen LogP contribution in [0.3, 0.4) is 0 Å². The van der Waals surface area contributed by atoms with E-state index >= 15 is 0 Å². The topological polar surface area (TPSA) is 55.4 Å². The van der Waals surface area contributed by atoms with E-state index in [4.69, 9.17) is 4.74 Å². The number of hydrogen-bond acceptors (Lipinski definition) is 3. The summed E-state index contributed by atoms with van der Waals surface area (Å²) in [6.45, 7) is 5.79. The standard InChI is InChI=1S/C18H24F3NO3/c1-4-5-6-15(23)16(11-12(2)3)25-17(24)22-14-9-7-13(8-10-14)18(19,20)21/h7-10,12,16H,4-6,11H2,1-3H3,(H,22,24)/t16-/m0/s1. The quantitative estimate of drug-likeness (QED) is 0.673. The maximum Gasteiger partial charge on any atom is 0.416 e. The lowest BCUT2D eigenvalue weighted by Gasteiger charge is -2.19. The first-order chi connectivity index (χ1) is 11.6. The number of carbonyl (C=O) groups excluding carboxylic acids is 2. The van der Waals surface area contributed by atoms with Crippen molar-refractivity contribution in [3.8, 4) is 0 Å². The van der Waals surface area contributed by atoms with E-state index in [0.29, 0.717) is 12.8 Å². The lowest BCUT2D eigenvalue weighted by molar-refractivity contribution is -0.137. The predicted molar refractivity (Wildman–Crippen MR) is 89.3 cm³/mol. The number of anilines is 1. The molecule has 0 saturated carbocycles. The normalized spacial score (nSPS) is 12.8. The first-order valence-corrected chi connectivity index (χ1v) is 8.31.